The van der Waals surface area contributed by atoms with Crippen molar-refractivity contribution in [3.05, 3.63) is 60.7 Å². The molecule has 1 fully saturated rings. The molecular weight excluding hydrogens is 268 g/mol. The second kappa shape index (κ2) is 6.11. The zero-order chi connectivity index (χ0) is 13.7. The van der Waals surface area contributed by atoms with Gasteiger partial charge < -0.3 is 13.3 Å². The first-order valence-electron chi connectivity index (χ1n) is 6.98. The molecule has 20 heavy (non-hydrogen) atoms. The molecule has 1 aliphatic rings. The summed E-state index contributed by atoms with van der Waals surface area (Å²) in [6.45, 7) is 0.714. The predicted molar refractivity (Wildman–Crippen MR) is 79.9 cm³/mol. The van der Waals surface area contributed by atoms with E-state index in [1.165, 1.54) is 0 Å². The summed E-state index contributed by atoms with van der Waals surface area (Å²) >= 11 is 0. The third-order valence-corrected chi connectivity index (χ3v) is 5.94. The molecule has 2 aromatic carbocycles. The molecule has 0 aliphatic carbocycles. The van der Waals surface area contributed by atoms with Gasteiger partial charge in [0.15, 0.2) is 0 Å². The van der Waals surface area contributed by atoms with Gasteiger partial charge in [-0.2, -0.15) is 0 Å². The second-order valence-corrected chi connectivity index (χ2v) is 7.38. The summed E-state index contributed by atoms with van der Waals surface area (Å²) in [4.78, 5) is 0. The lowest BCUT2D eigenvalue weighted by atomic mass is 10.3. The summed E-state index contributed by atoms with van der Waals surface area (Å²) in [5.74, 6) is 1.63. The number of benzene rings is 2. The smallest absolute Gasteiger partial charge is 0.492 e. The minimum absolute atomic E-state index is 0.714. The van der Waals surface area contributed by atoms with Gasteiger partial charge in [-0.25, -0.2) is 0 Å². The predicted octanol–water partition coefficient (Wildman–Crippen LogP) is 3.89. The molecule has 0 N–H and O–H groups in total. The van der Waals surface area contributed by atoms with Crippen LogP contribution in [0, 0.1) is 0 Å². The van der Waals surface area contributed by atoms with E-state index in [2.05, 4.69) is 0 Å². The molecule has 3 nitrogen and oxygen atoms in total. The molecule has 0 atom stereocenters. The van der Waals surface area contributed by atoms with Crippen molar-refractivity contribution in [1.82, 2.24) is 0 Å². The Labute approximate surface area is 120 Å². The van der Waals surface area contributed by atoms with E-state index in [0.717, 1.165) is 30.4 Å². The number of hydrogen-bond acceptors (Lipinski definition) is 3. The van der Waals surface area contributed by atoms with E-state index >= 15 is 0 Å². The fraction of sp³-hybridized carbons (Fsp3) is 0.250. The maximum atomic E-state index is 6.14. The highest BCUT2D eigenvalue weighted by molar-refractivity contribution is 6.62. The molecule has 4 heteroatoms. The number of para-hydroxylation sites is 2. The van der Waals surface area contributed by atoms with E-state index in [-0.39, 0.29) is 0 Å². The first-order chi connectivity index (χ1) is 9.86. The summed E-state index contributed by atoms with van der Waals surface area (Å²) < 4.78 is 18.3. The van der Waals surface area contributed by atoms with Crippen molar-refractivity contribution in [3.8, 4) is 11.5 Å². The zero-order valence-corrected chi connectivity index (χ0v) is 12.3. The molecule has 0 radical (unpaired) electrons. The average Bonchev–Trinajstić information content (AvgIpc) is 2.50. The summed E-state index contributed by atoms with van der Waals surface area (Å²) in [5.41, 5.74) is 0. The van der Waals surface area contributed by atoms with Gasteiger partial charge >= 0.3 is 8.80 Å². The molecule has 0 bridgehead atoms. The lowest BCUT2D eigenvalue weighted by Gasteiger charge is -2.32. The third kappa shape index (κ3) is 3.21. The minimum Gasteiger partial charge on any atom is -0.492 e. The van der Waals surface area contributed by atoms with E-state index in [1.54, 1.807) is 0 Å². The Balaban J connectivity index is 1.81. The van der Waals surface area contributed by atoms with Crippen molar-refractivity contribution in [1.29, 1.82) is 0 Å². The quantitative estimate of drug-likeness (QED) is 0.798. The number of rotatable bonds is 4. The van der Waals surface area contributed by atoms with E-state index in [4.69, 9.17) is 13.3 Å². The van der Waals surface area contributed by atoms with E-state index in [9.17, 15) is 0 Å². The largest absolute Gasteiger partial charge is 0.632 e. The topological polar surface area (TPSA) is 27.7 Å². The van der Waals surface area contributed by atoms with Gasteiger partial charge in [0, 0.05) is 12.7 Å². The highest BCUT2D eigenvalue weighted by Crippen LogP contribution is 2.28. The van der Waals surface area contributed by atoms with Crippen molar-refractivity contribution in [2.45, 2.75) is 18.9 Å². The van der Waals surface area contributed by atoms with Gasteiger partial charge in [0.2, 0.25) is 0 Å². The Morgan fingerprint density at radius 1 is 0.750 bits per heavy atom. The normalized spacial score (nSPS) is 17.4. The standard InChI is InChI=1S/C16H18O3Si/c1-3-9-15(10-4-1)18-20(14-8-7-13-17-20)19-16-11-5-2-6-12-16/h1-6,9-12H,7-8,13-14H2. The molecule has 0 unspecified atom stereocenters. The van der Waals surface area contributed by atoms with Crippen molar-refractivity contribution < 1.29 is 13.3 Å². The Morgan fingerprint density at radius 2 is 1.30 bits per heavy atom. The van der Waals surface area contributed by atoms with Gasteiger partial charge in [-0.3, -0.25) is 0 Å². The maximum absolute atomic E-state index is 6.14. The minimum atomic E-state index is -2.66. The van der Waals surface area contributed by atoms with Crippen molar-refractivity contribution in [2.75, 3.05) is 6.61 Å². The van der Waals surface area contributed by atoms with Crippen LogP contribution in [0.15, 0.2) is 60.7 Å². The average molecular weight is 286 g/mol. The first kappa shape index (κ1) is 13.2. The molecule has 3 rings (SSSR count). The van der Waals surface area contributed by atoms with Crippen LogP contribution in [0.1, 0.15) is 12.8 Å². The lowest BCUT2D eigenvalue weighted by Crippen LogP contribution is -2.53. The summed E-state index contributed by atoms with van der Waals surface area (Å²) in [6.07, 6.45) is 2.16. The van der Waals surface area contributed by atoms with Crippen LogP contribution in [0.4, 0.5) is 0 Å². The van der Waals surface area contributed by atoms with Crippen LogP contribution in [0.5, 0.6) is 11.5 Å². The molecule has 1 heterocycles. The van der Waals surface area contributed by atoms with Gasteiger partial charge in [0.05, 0.1) is 0 Å². The van der Waals surface area contributed by atoms with Crippen molar-refractivity contribution in [3.63, 3.8) is 0 Å². The number of hydrogen-bond donors (Lipinski definition) is 0. The summed E-state index contributed by atoms with van der Waals surface area (Å²) in [6, 6.07) is 20.4. The van der Waals surface area contributed by atoms with Crippen LogP contribution in [-0.4, -0.2) is 15.4 Å². The van der Waals surface area contributed by atoms with Gasteiger partial charge in [0.1, 0.15) is 11.5 Å². The van der Waals surface area contributed by atoms with E-state index in [0.29, 0.717) is 6.61 Å². The molecule has 0 spiro atoms. The second-order valence-electron chi connectivity index (χ2n) is 4.82. The van der Waals surface area contributed by atoms with Crippen LogP contribution < -0.4 is 8.85 Å². The molecule has 1 saturated heterocycles. The summed E-state index contributed by atoms with van der Waals surface area (Å²) in [5, 5.41) is 0. The molecule has 0 amide bonds. The Bertz CT molecular complexity index is 480. The third-order valence-electron chi connectivity index (χ3n) is 3.23. The molecule has 0 saturated carbocycles. The summed E-state index contributed by atoms with van der Waals surface area (Å²) in [7, 11) is -2.66. The van der Waals surface area contributed by atoms with Gasteiger partial charge in [0.25, 0.3) is 0 Å². The Kier molecular flexibility index (Phi) is 4.04. The van der Waals surface area contributed by atoms with Crippen LogP contribution in [-0.2, 0) is 4.43 Å². The Morgan fingerprint density at radius 3 is 1.75 bits per heavy atom. The van der Waals surface area contributed by atoms with Crippen LogP contribution in [0.3, 0.4) is 0 Å². The van der Waals surface area contributed by atoms with Crippen LogP contribution in [0.25, 0.3) is 0 Å². The highest BCUT2D eigenvalue weighted by atomic mass is 28.4. The fourth-order valence-corrected chi connectivity index (χ4v) is 4.90. The lowest BCUT2D eigenvalue weighted by molar-refractivity contribution is 0.142. The molecular formula is C16H18O3Si. The molecule has 1 aliphatic heterocycles. The molecule has 2 aromatic rings. The van der Waals surface area contributed by atoms with Gasteiger partial charge in [-0.15, -0.1) is 0 Å². The zero-order valence-electron chi connectivity index (χ0n) is 11.3. The first-order valence-corrected chi connectivity index (χ1v) is 8.92. The SMILES string of the molecule is c1ccc(O[Si]2(Oc3ccccc3)CCCCO2)cc1. The van der Waals surface area contributed by atoms with Gasteiger partial charge in [-0.05, 0) is 37.1 Å². The van der Waals surface area contributed by atoms with Crippen molar-refractivity contribution in [2.24, 2.45) is 0 Å². The van der Waals surface area contributed by atoms with Gasteiger partial charge in [-0.1, -0.05) is 36.4 Å². The molecule has 0 aromatic heterocycles. The molecule has 104 valence electrons. The van der Waals surface area contributed by atoms with E-state index in [1.807, 2.05) is 60.7 Å². The Hall–Kier alpha value is -1.78. The maximum Gasteiger partial charge on any atom is 0.632 e. The van der Waals surface area contributed by atoms with Crippen LogP contribution >= 0.6 is 0 Å². The highest BCUT2D eigenvalue weighted by Gasteiger charge is 2.47. The van der Waals surface area contributed by atoms with E-state index < -0.39 is 8.80 Å². The monoisotopic (exact) mass is 286 g/mol. The fourth-order valence-electron chi connectivity index (χ4n) is 2.26. The van der Waals surface area contributed by atoms with Crippen LogP contribution in [0.2, 0.25) is 6.04 Å². The van der Waals surface area contributed by atoms with Crippen molar-refractivity contribution >= 4 is 8.80 Å².